The number of aromatic nitrogens is 3. The number of carbonyl (C=O) groups excluding carboxylic acids is 1. The molecule has 4 aromatic rings. The standard InChI is InChI=1S/C23H18F3N5O2S/c1-31-13-14(12-28-31)20-11-18(7-8-27-20)33-17-4-2-3-15(9-17)29-22(32)30-16-5-6-21(34)19(10-16)23(24,25)26/h2-13,34H,1H3,(H2,29,30,32). The van der Waals surface area contributed by atoms with Crippen LogP contribution in [0.25, 0.3) is 11.3 Å². The summed E-state index contributed by atoms with van der Waals surface area (Å²) in [4.78, 5) is 16.4. The summed E-state index contributed by atoms with van der Waals surface area (Å²) < 4.78 is 46.7. The molecule has 2 heterocycles. The van der Waals surface area contributed by atoms with E-state index < -0.39 is 17.8 Å². The number of halogens is 3. The smallest absolute Gasteiger partial charge is 0.417 e. The minimum Gasteiger partial charge on any atom is -0.457 e. The van der Waals surface area contributed by atoms with Gasteiger partial charge in [-0.05, 0) is 36.4 Å². The Balaban J connectivity index is 1.44. The molecule has 0 saturated heterocycles. The van der Waals surface area contributed by atoms with Crippen molar-refractivity contribution in [3.05, 3.63) is 78.8 Å². The van der Waals surface area contributed by atoms with Crippen molar-refractivity contribution in [1.29, 1.82) is 0 Å². The zero-order valence-electron chi connectivity index (χ0n) is 17.7. The Bertz CT molecular complexity index is 1340. The van der Waals surface area contributed by atoms with Crippen molar-refractivity contribution in [3.63, 3.8) is 0 Å². The summed E-state index contributed by atoms with van der Waals surface area (Å²) in [7, 11) is 1.81. The van der Waals surface area contributed by atoms with E-state index in [2.05, 4.69) is 33.3 Å². The molecule has 0 fully saturated rings. The topological polar surface area (TPSA) is 81.1 Å². The van der Waals surface area contributed by atoms with E-state index >= 15 is 0 Å². The highest BCUT2D eigenvalue weighted by atomic mass is 32.1. The molecule has 0 aliphatic heterocycles. The summed E-state index contributed by atoms with van der Waals surface area (Å²) in [6.45, 7) is 0. The van der Waals surface area contributed by atoms with Crippen molar-refractivity contribution in [2.24, 2.45) is 7.05 Å². The second kappa shape index (κ2) is 9.48. The zero-order valence-corrected chi connectivity index (χ0v) is 18.6. The van der Waals surface area contributed by atoms with Crippen LogP contribution in [0.15, 0.2) is 78.1 Å². The van der Waals surface area contributed by atoms with Gasteiger partial charge in [-0.3, -0.25) is 9.67 Å². The Morgan fingerprint density at radius 2 is 1.76 bits per heavy atom. The monoisotopic (exact) mass is 485 g/mol. The van der Waals surface area contributed by atoms with Crippen molar-refractivity contribution in [1.82, 2.24) is 14.8 Å². The van der Waals surface area contributed by atoms with Gasteiger partial charge in [-0.1, -0.05) is 6.07 Å². The first-order valence-electron chi connectivity index (χ1n) is 9.88. The first kappa shape index (κ1) is 23.2. The van der Waals surface area contributed by atoms with Crippen LogP contribution in [-0.2, 0) is 13.2 Å². The Morgan fingerprint density at radius 3 is 2.47 bits per heavy atom. The SMILES string of the molecule is Cn1cc(-c2cc(Oc3cccc(NC(=O)Nc4ccc(S)c(C(F)(F)F)c4)c3)ccn2)cn1. The maximum atomic E-state index is 13.1. The third kappa shape index (κ3) is 5.67. The number of amides is 2. The number of anilines is 2. The second-order valence-corrected chi connectivity index (χ2v) is 7.70. The fourth-order valence-corrected chi connectivity index (χ4v) is 3.36. The van der Waals surface area contributed by atoms with E-state index in [1.807, 2.05) is 13.2 Å². The molecule has 0 spiro atoms. The van der Waals surface area contributed by atoms with Gasteiger partial charge >= 0.3 is 12.2 Å². The molecular formula is C23H18F3N5O2S. The van der Waals surface area contributed by atoms with Crippen molar-refractivity contribution >= 4 is 30.0 Å². The molecule has 2 aromatic carbocycles. The number of ether oxygens (including phenoxy) is 1. The Kier molecular flexibility index (Phi) is 6.46. The third-order valence-electron chi connectivity index (χ3n) is 4.62. The van der Waals surface area contributed by atoms with Gasteiger partial charge in [0.15, 0.2) is 0 Å². The molecule has 0 bridgehead atoms. The number of hydrogen-bond acceptors (Lipinski definition) is 5. The first-order valence-corrected chi connectivity index (χ1v) is 10.3. The quantitative estimate of drug-likeness (QED) is 0.293. The molecule has 0 unspecified atom stereocenters. The van der Waals surface area contributed by atoms with Crippen LogP contribution in [0.3, 0.4) is 0 Å². The zero-order chi connectivity index (χ0) is 24.3. The van der Waals surface area contributed by atoms with Gasteiger partial charge < -0.3 is 15.4 Å². The fourth-order valence-electron chi connectivity index (χ4n) is 3.09. The van der Waals surface area contributed by atoms with Gasteiger partial charge in [0.2, 0.25) is 0 Å². The van der Waals surface area contributed by atoms with Crippen molar-refractivity contribution in [2.75, 3.05) is 10.6 Å². The summed E-state index contributed by atoms with van der Waals surface area (Å²) >= 11 is 3.82. The fraction of sp³-hybridized carbons (Fsp3) is 0.0870. The predicted octanol–water partition coefficient (Wildman–Crippen LogP) is 6.23. The van der Waals surface area contributed by atoms with Crippen LogP contribution in [0.2, 0.25) is 0 Å². The maximum absolute atomic E-state index is 13.1. The summed E-state index contributed by atoms with van der Waals surface area (Å²) in [5, 5.41) is 9.09. The number of pyridine rings is 1. The van der Waals surface area contributed by atoms with E-state index in [1.54, 1.807) is 53.5 Å². The highest BCUT2D eigenvalue weighted by Crippen LogP contribution is 2.35. The first-order chi connectivity index (χ1) is 16.2. The molecule has 4 rings (SSSR count). The van der Waals surface area contributed by atoms with Crippen LogP contribution in [-0.4, -0.2) is 20.8 Å². The summed E-state index contributed by atoms with van der Waals surface area (Å²) in [5.74, 6) is 0.974. The highest BCUT2D eigenvalue weighted by Gasteiger charge is 2.33. The molecule has 2 amide bonds. The van der Waals surface area contributed by atoms with Gasteiger partial charge in [0.05, 0.1) is 17.5 Å². The molecule has 7 nitrogen and oxygen atoms in total. The number of urea groups is 1. The molecule has 11 heteroatoms. The van der Waals surface area contributed by atoms with Gasteiger partial charge in [-0.25, -0.2) is 4.79 Å². The lowest BCUT2D eigenvalue weighted by Gasteiger charge is -2.13. The molecule has 0 aliphatic carbocycles. The number of rotatable bonds is 5. The van der Waals surface area contributed by atoms with Crippen LogP contribution >= 0.6 is 12.6 Å². The number of alkyl halides is 3. The molecule has 0 saturated carbocycles. The van der Waals surface area contributed by atoms with E-state index in [4.69, 9.17) is 4.74 Å². The van der Waals surface area contributed by atoms with E-state index in [9.17, 15) is 18.0 Å². The summed E-state index contributed by atoms with van der Waals surface area (Å²) in [5.41, 5.74) is 0.949. The number of benzene rings is 2. The largest absolute Gasteiger partial charge is 0.457 e. The average molecular weight is 485 g/mol. The van der Waals surface area contributed by atoms with Crippen LogP contribution in [0.5, 0.6) is 11.5 Å². The number of thiol groups is 1. The number of hydrogen-bond donors (Lipinski definition) is 3. The van der Waals surface area contributed by atoms with Crippen molar-refractivity contribution in [2.45, 2.75) is 11.1 Å². The normalized spacial score (nSPS) is 11.2. The molecule has 0 radical (unpaired) electrons. The Hall–Kier alpha value is -3.99. The van der Waals surface area contributed by atoms with E-state index in [0.29, 0.717) is 22.9 Å². The highest BCUT2D eigenvalue weighted by molar-refractivity contribution is 7.80. The third-order valence-corrected chi connectivity index (χ3v) is 5.01. The summed E-state index contributed by atoms with van der Waals surface area (Å²) in [6, 6.07) is 12.7. The van der Waals surface area contributed by atoms with Gasteiger partial charge in [-0.15, -0.1) is 12.6 Å². The molecular weight excluding hydrogens is 467 g/mol. The van der Waals surface area contributed by atoms with E-state index in [0.717, 1.165) is 11.6 Å². The number of nitrogens with zero attached hydrogens (tertiary/aromatic N) is 3. The Labute approximate surface area is 198 Å². The maximum Gasteiger partial charge on any atom is 0.417 e. The van der Waals surface area contributed by atoms with Crippen LogP contribution < -0.4 is 15.4 Å². The lowest BCUT2D eigenvalue weighted by Crippen LogP contribution is -2.20. The van der Waals surface area contributed by atoms with Crippen LogP contribution in [0.4, 0.5) is 29.3 Å². The predicted molar refractivity (Wildman–Crippen MR) is 124 cm³/mol. The van der Waals surface area contributed by atoms with E-state index in [-0.39, 0.29) is 10.6 Å². The van der Waals surface area contributed by atoms with Crippen molar-refractivity contribution in [3.8, 4) is 22.8 Å². The second-order valence-electron chi connectivity index (χ2n) is 7.22. The minimum atomic E-state index is -4.58. The van der Waals surface area contributed by atoms with Crippen LogP contribution in [0.1, 0.15) is 5.56 Å². The number of carbonyl (C=O) groups is 1. The van der Waals surface area contributed by atoms with E-state index in [1.165, 1.54) is 12.1 Å². The van der Waals surface area contributed by atoms with Gasteiger partial charge in [0.25, 0.3) is 0 Å². The average Bonchev–Trinajstić information content (AvgIpc) is 3.21. The van der Waals surface area contributed by atoms with Gasteiger partial charge in [-0.2, -0.15) is 18.3 Å². The number of nitrogens with one attached hydrogen (secondary N) is 2. The molecule has 0 aliphatic rings. The number of aryl methyl sites for hydroxylation is 1. The van der Waals surface area contributed by atoms with Crippen molar-refractivity contribution < 1.29 is 22.7 Å². The molecule has 2 aromatic heterocycles. The summed E-state index contributed by atoms with van der Waals surface area (Å²) in [6.07, 6.45) is 0.548. The Morgan fingerprint density at radius 1 is 1.03 bits per heavy atom. The minimum absolute atomic E-state index is 0.0188. The van der Waals surface area contributed by atoms with Gasteiger partial charge in [0, 0.05) is 53.4 Å². The molecule has 0 atom stereocenters. The molecule has 34 heavy (non-hydrogen) atoms. The molecule has 2 N–H and O–H groups in total. The van der Waals surface area contributed by atoms with Crippen LogP contribution in [0, 0.1) is 0 Å². The molecule has 174 valence electrons. The van der Waals surface area contributed by atoms with Gasteiger partial charge in [0.1, 0.15) is 11.5 Å². The lowest BCUT2D eigenvalue weighted by atomic mass is 10.2. The lowest BCUT2D eigenvalue weighted by molar-refractivity contribution is -0.139.